The minimum absolute atomic E-state index is 0.118. The summed E-state index contributed by atoms with van der Waals surface area (Å²) in [5.74, 6) is -0.218. The summed E-state index contributed by atoms with van der Waals surface area (Å²) in [5.41, 5.74) is 1.91. The van der Waals surface area contributed by atoms with E-state index in [1.807, 2.05) is 6.92 Å². The molecule has 0 aliphatic heterocycles. The highest BCUT2D eigenvalue weighted by atomic mass is 19.1. The predicted molar refractivity (Wildman–Crippen MR) is 41.9 cm³/mol. The van der Waals surface area contributed by atoms with Crippen LogP contribution < -0.4 is 0 Å². The number of hydrogen-bond acceptors (Lipinski definition) is 1. The molecule has 0 aliphatic rings. The van der Waals surface area contributed by atoms with Crippen molar-refractivity contribution in [3.8, 4) is 0 Å². The third-order valence-electron chi connectivity index (χ3n) is 1.69. The van der Waals surface area contributed by atoms with Gasteiger partial charge >= 0.3 is 0 Å². The van der Waals surface area contributed by atoms with Crippen LogP contribution in [0, 0.1) is 12.7 Å². The molecule has 0 fully saturated rings. The molecule has 0 spiro atoms. The third-order valence-corrected chi connectivity index (χ3v) is 1.69. The predicted octanol–water partition coefficient (Wildman–Crippen LogP) is 1.67. The maximum absolute atomic E-state index is 12.5. The normalized spacial score (nSPS) is 10.1. The number of aliphatic hydroxyl groups excluding tert-OH is 1. The van der Waals surface area contributed by atoms with Crippen molar-refractivity contribution in [3.63, 3.8) is 0 Å². The Morgan fingerprint density at radius 1 is 1.45 bits per heavy atom. The Morgan fingerprint density at radius 2 is 2.18 bits per heavy atom. The lowest BCUT2D eigenvalue weighted by Gasteiger charge is -2.02. The Morgan fingerprint density at radius 3 is 2.73 bits per heavy atom. The second-order valence-corrected chi connectivity index (χ2v) is 2.54. The van der Waals surface area contributed by atoms with Crippen molar-refractivity contribution in [1.29, 1.82) is 0 Å². The molecular formula is C9H11FO. The molecule has 1 rings (SSSR count). The van der Waals surface area contributed by atoms with Crippen molar-refractivity contribution in [1.82, 2.24) is 0 Å². The minimum atomic E-state index is -0.218. The van der Waals surface area contributed by atoms with Gasteiger partial charge in [0.25, 0.3) is 0 Å². The second-order valence-electron chi connectivity index (χ2n) is 2.54. The summed E-state index contributed by atoms with van der Waals surface area (Å²) in [5, 5.41) is 8.62. The Bertz CT molecular complexity index is 245. The van der Waals surface area contributed by atoms with Gasteiger partial charge in [-0.2, -0.15) is 0 Å². The Labute approximate surface area is 65.5 Å². The molecular weight excluding hydrogens is 143 g/mol. The molecule has 1 aromatic rings. The lowest BCUT2D eigenvalue weighted by molar-refractivity contribution is 0.299. The van der Waals surface area contributed by atoms with E-state index in [2.05, 4.69) is 0 Å². The fourth-order valence-corrected chi connectivity index (χ4v) is 1.06. The molecule has 0 amide bonds. The van der Waals surface area contributed by atoms with Crippen LogP contribution in [0.25, 0.3) is 0 Å². The van der Waals surface area contributed by atoms with Gasteiger partial charge in [-0.25, -0.2) is 4.39 Å². The van der Waals surface area contributed by atoms with E-state index >= 15 is 0 Å². The van der Waals surface area contributed by atoms with Crippen molar-refractivity contribution in [2.45, 2.75) is 13.3 Å². The summed E-state index contributed by atoms with van der Waals surface area (Å²) in [6.45, 7) is 1.96. The third kappa shape index (κ3) is 2.02. The van der Waals surface area contributed by atoms with Gasteiger partial charge in [0.05, 0.1) is 0 Å². The molecule has 0 radical (unpaired) electrons. The number of rotatable bonds is 2. The topological polar surface area (TPSA) is 20.2 Å². The van der Waals surface area contributed by atoms with Crippen molar-refractivity contribution in [3.05, 3.63) is 35.1 Å². The van der Waals surface area contributed by atoms with Gasteiger partial charge in [-0.3, -0.25) is 0 Å². The van der Waals surface area contributed by atoms with Crippen LogP contribution >= 0.6 is 0 Å². The number of hydrogen-bond donors (Lipinski definition) is 1. The first-order chi connectivity index (χ1) is 5.24. The number of benzene rings is 1. The molecule has 1 N–H and O–H groups in total. The van der Waals surface area contributed by atoms with Gasteiger partial charge in [0, 0.05) is 6.61 Å². The summed E-state index contributed by atoms with van der Waals surface area (Å²) in [4.78, 5) is 0. The average Bonchev–Trinajstić information content (AvgIpc) is 1.95. The van der Waals surface area contributed by atoms with Crippen LogP contribution in [-0.2, 0) is 6.42 Å². The second kappa shape index (κ2) is 3.49. The van der Waals surface area contributed by atoms with Crippen LogP contribution in [0.3, 0.4) is 0 Å². The van der Waals surface area contributed by atoms with Crippen molar-refractivity contribution in [2.75, 3.05) is 6.61 Å². The van der Waals surface area contributed by atoms with Crippen LogP contribution in [-0.4, -0.2) is 11.7 Å². The first-order valence-electron chi connectivity index (χ1n) is 3.60. The molecule has 0 aliphatic carbocycles. The van der Waals surface area contributed by atoms with Gasteiger partial charge in [-0.1, -0.05) is 6.07 Å². The van der Waals surface area contributed by atoms with Crippen LogP contribution in [0.15, 0.2) is 18.2 Å². The molecule has 0 saturated carbocycles. The molecule has 0 saturated heterocycles. The van der Waals surface area contributed by atoms with Crippen LogP contribution in [0.2, 0.25) is 0 Å². The van der Waals surface area contributed by atoms with Crippen LogP contribution in [0.5, 0.6) is 0 Å². The standard InChI is InChI=1S/C9H11FO/c1-7-6-9(10)3-2-8(7)4-5-11/h2-3,6,11H,4-5H2,1H3. The lowest BCUT2D eigenvalue weighted by Crippen LogP contribution is -1.94. The highest BCUT2D eigenvalue weighted by Crippen LogP contribution is 2.09. The molecule has 1 aromatic carbocycles. The van der Waals surface area contributed by atoms with E-state index in [1.165, 1.54) is 12.1 Å². The smallest absolute Gasteiger partial charge is 0.123 e. The molecule has 0 heterocycles. The highest BCUT2D eigenvalue weighted by Gasteiger charge is 1.97. The zero-order valence-electron chi connectivity index (χ0n) is 6.47. The SMILES string of the molecule is Cc1cc(F)ccc1CCO. The van der Waals surface area contributed by atoms with E-state index in [9.17, 15) is 4.39 Å². The Balaban J connectivity index is 2.90. The van der Waals surface area contributed by atoms with E-state index < -0.39 is 0 Å². The van der Waals surface area contributed by atoms with Gasteiger partial charge in [0.2, 0.25) is 0 Å². The monoisotopic (exact) mass is 154 g/mol. The quantitative estimate of drug-likeness (QED) is 0.687. The zero-order valence-corrected chi connectivity index (χ0v) is 6.47. The summed E-state index contributed by atoms with van der Waals surface area (Å²) in [6.07, 6.45) is 0.603. The Hall–Kier alpha value is -0.890. The summed E-state index contributed by atoms with van der Waals surface area (Å²) in [6, 6.07) is 4.60. The van der Waals surface area contributed by atoms with E-state index in [1.54, 1.807) is 6.07 Å². The first-order valence-corrected chi connectivity index (χ1v) is 3.60. The van der Waals surface area contributed by atoms with Gasteiger partial charge in [-0.05, 0) is 36.6 Å². The summed E-state index contributed by atoms with van der Waals surface area (Å²) in [7, 11) is 0. The minimum Gasteiger partial charge on any atom is -0.396 e. The summed E-state index contributed by atoms with van der Waals surface area (Å²) >= 11 is 0. The molecule has 0 atom stereocenters. The van der Waals surface area contributed by atoms with E-state index in [-0.39, 0.29) is 12.4 Å². The zero-order chi connectivity index (χ0) is 8.27. The average molecular weight is 154 g/mol. The molecule has 1 nitrogen and oxygen atoms in total. The molecule has 60 valence electrons. The van der Waals surface area contributed by atoms with Gasteiger partial charge < -0.3 is 5.11 Å². The van der Waals surface area contributed by atoms with Gasteiger partial charge in [0.15, 0.2) is 0 Å². The van der Waals surface area contributed by atoms with E-state index in [0.717, 1.165) is 11.1 Å². The van der Waals surface area contributed by atoms with Crippen molar-refractivity contribution < 1.29 is 9.50 Å². The molecule has 11 heavy (non-hydrogen) atoms. The Kier molecular flexibility index (Phi) is 2.60. The van der Waals surface area contributed by atoms with Gasteiger partial charge in [0.1, 0.15) is 5.82 Å². The molecule has 0 bridgehead atoms. The molecule has 2 heteroatoms. The molecule has 0 unspecified atom stereocenters. The molecule has 0 aromatic heterocycles. The van der Waals surface area contributed by atoms with Crippen molar-refractivity contribution in [2.24, 2.45) is 0 Å². The van der Waals surface area contributed by atoms with E-state index in [4.69, 9.17) is 5.11 Å². The lowest BCUT2D eigenvalue weighted by atomic mass is 10.1. The number of aliphatic hydroxyl groups is 1. The first kappa shape index (κ1) is 8.21. The maximum atomic E-state index is 12.5. The van der Waals surface area contributed by atoms with Crippen LogP contribution in [0.1, 0.15) is 11.1 Å². The van der Waals surface area contributed by atoms with Crippen LogP contribution in [0.4, 0.5) is 4.39 Å². The van der Waals surface area contributed by atoms with Gasteiger partial charge in [-0.15, -0.1) is 0 Å². The fourth-order valence-electron chi connectivity index (χ4n) is 1.06. The van der Waals surface area contributed by atoms with E-state index in [0.29, 0.717) is 6.42 Å². The summed E-state index contributed by atoms with van der Waals surface area (Å²) < 4.78 is 12.5. The number of aryl methyl sites for hydroxylation is 1. The highest BCUT2D eigenvalue weighted by molar-refractivity contribution is 5.26. The number of halogens is 1. The maximum Gasteiger partial charge on any atom is 0.123 e. The van der Waals surface area contributed by atoms with Crippen molar-refractivity contribution >= 4 is 0 Å². The largest absolute Gasteiger partial charge is 0.396 e. The fraction of sp³-hybridized carbons (Fsp3) is 0.333.